The third-order valence-electron chi connectivity index (χ3n) is 4.32. The largest absolute Gasteiger partial charge is 0.339 e. The second kappa shape index (κ2) is 7.59. The summed E-state index contributed by atoms with van der Waals surface area (Å²) in [4.78, 5) is 16.7. The van der Waals surface area contributed by atoms with Gasteiger partial charge in [-0.05, 0) is 18.1 Å². The topological polar surface area (TPSA) is 91.6 Å². The Morgan fingerprint density at radius 1 is 1.21 bits per heavy atom. The quantitative estimate of drug-likeness (QED) is 0.514. The number of nitrogens with zero attached hydrogens (tertiary/aromatic N) is 6. The van der Waals surface area contributed by atoms with Crippen LogP contribution >= 0.6 is 0 Å². The first-order valence-corrected chi connectivity index (χ1v) is 9.12. The summed E-state index contributed by atoms with van der Waals surface area (Å²) in [6.45, 7) is 2.07. The Kier molecular flexibility index (Phi) is 4.84. The van der Waals surface area contributed by atoms with Gasteiger partial charge in [0.25, 0.3) is 0 Å². The maximum absolute atomic E-state index is 12.3. The van der Waals surface area contributed by atoms with E-state index in [0.717, 1.165) is 29.7 Å². The molecule has 0 atom stereocenters. The standard InChI is InChI=1S/C20H20N6O2/c1-3-5-19-22-20(24-28-19)15-7-4-6-14(10-15)11-17-18(27)8-9-26(23-17)16-12-21-25(2)13-16/h4,6-10,12-13H,3,5,11H2,1-2H3. The second-order valence-corrected chi connectivity index (χ2v) is 6.58. The Bertz CT molecular complexity index is 1160. The average Bonchev–Trinajstić information content (AvgIpc) is 3.33. The minimum absolute atomic E-state index is 0.102. The zero-order valence-corrected chi connectivity index (χ0v) is 15.7. The summed E-state index contributed by atoms with van der Waals surface area (Å²) in [7, 11) is 1.84. The number of aromatic nitrogens is 6. The first-order chi connectivity index (χ1) is 13.6. The molecule has 0 aliphatic carbocycles. The fourth-order valence-corrected chi connectivity index (χ4v) is 2.94. The molecule has 0 saturated carbocycles. The van der Waals surface area contributed by atoms with Crippen LogP contribution in [0.5, 0.6) is 0 Å². The predicted molar refractivity (Wildman–Crippen MR) is 103 cm³/mol. The average molecular weight is 376 g/mol. The van der Waals surface area contributed by atoms with Crippen LogP contribution in [0.3, 0.4) is 0 Å². The zero-order valence-electron chi connectivity index (χ0n) is 15.7. The van der Waals surface area contributed by atoms with E-state index in [2.05, 4.69) is 27.3 Å². The molecular weight excluding hydrogens is 356 g/mol. The van der Waals surface area contributed by atoms with E-state index in [1.807, 2.05) is 37.5 Å². The van der Waals surface area contributed by atoms with E-state index < -0.39 is 0 Å². The van der Waals surface area contributed by atoms with Crippen molar-refractivity contribution in [1.82, 2.24) is 29.7 Å². The van der Waals surface area contributed by atoms with Gasteiger partial charge in [0.1, 0.15) is 11.4 Å². The molecule has 142 valence electrons. The van der Waals surface area contributed by atoms with Gasteiger partial charge in [0.2, 0.25) is 17.1 Å². The molecule has 8 nitrogen and oxygen atoms in total. The molecule has 3 aromatic heterocycles. The molecule has 0 N–H and O–H groups in total. The molecule has 0 unspecified atom stereocenters. The number of benzene rings is 1. The molecule has 3 heterocycles. The fraction of sp³-hybridized carbons (Fsp3) is 0.250. The zero-order chi connectivity index (χ0) is 19.5. The van der Waals surface area contributed by atoms with E-state index in [4.69, 9.17) is 4.52 Å². The van der Waals surface area contributed by atoms with Crippen molar-refractivity contribution in [2.75, 3.05) is 0 Å². The van der Waals surface area contributed by atoms with Gasteiger partial charge in [0, 0.05) is 37.7 Å². The Morgan fingerprint density at radius 2 is 2.11 bits per heavy atom. The minimum Gasteiger partial charge on any atom is -0.339 e. The van der Waals surface area contributed by atoms with Crippen molar-refractivity contribution >= 4 is 0 Å². The molecule has 0 amide bonds. The van der Waals surface area contributed by atoms with Gasteiger partial charge in [-0.3, -0.25) is 9.48 Å². The summed E-state index contributed by atoms with van der Waals surface area (Å²) in [5.74, 6) is 1.19. The highest BCUT2D eigenvalue weighted by Gasteiger charge is 2.11. The summed E-state index contributed by atoms with van der Waals surface area (Å²) in [5, 5.41) is 12.7. The van der Waals surface area contributed by atoms with Gasteiger partial charge in [-0.2, -0.15) is 15.2 Å². The van der Waals surface area contributed by atoms with E-state index in [9.17, 15) is 4.79 Å². The molecule has 0 aliphatic rings. The maximum Gasteiger partial charge on any atom is 0.226 e. The van der Waals surface area contributed by atoms with Crippen molar-refractivity contribution in [3.63, 3.8) is 0 Å². The van der Waals surface area contributed by atoms with Gasteiger partial charge >= 0.3 is 0 Å². The van der Waals surface area contributed by atoms with Crippen molar-refractivity contribution in [3.05, 3.63) is 76.3 Å². The SMILES string of the molecule is CCCc1nc(-c2cccc(Cc3nn(-c4cnn(C)c4)ccc3=O)c2)no1. The van der Waals surface area contributed by atoms with Crippen LogP contribution in [0.15, 0.2) is 58.2 Å². The van der Waals surface area contributed by atoms with Crippen LogP contribution in [0.1, 0.15) is 30.5 Å². The monoisotopic (exact) mass is 376 g/mol. The summed E-state index contributed by atoms with van der Waals surface area (Å²) in [6, 6.07) is 9.29. The maximum atomic E-state index is 12.3. The fourth-order valence-electron chi connectivity index (χ4n) is 2.94. The molecule has 1 aromatic carbocycles. The van der Waals surface area contributed by atoms with E-state index in [1.54, 1.807) is 21.8 Å². The van der Waals surface area contributed by atoms with Gasteiger partial charge in [0.15, 0.2) is 0 Å². The van der Waals surface area contributed by atoms with Crippen LogP contribution in [-0.2, 0) is 19.9 Å². The van der Waals surface area contributed by atoms with E-state index in [0.29, 0.717) is 23.8 Å². The first-order valence-electron chi connectivity index (χ1n) is 9.12. The first kappa shape index (κ1) is 17.8. The van der Waals surface area contributed by atoms with Gasteiger partial charge in [0.05, 0.1) is 12.4 Å². The van der Waals surface area contributed by atoms with Crippen LogP contribution in [0, 0.1) is 0 Å². The minimum atomic E-state index is -0.102. The van der Waals surface area contributed by atoms with E-state index >= 15 is 0 Å². The molecule has 8 heteroatoms. The molecule has 0 aliphatic heterocycles. The third kappa shape index (κ3) is 3.75. The normalized spacial score (nSPS) is 11.1. The summed E-state index contributed by atoms with van der Waals surface area (Å²) >= 11 is 0. The van der Waals surface area contributed by atoms with Gasteiger partial charge < -0.3 is 4.52 Å². The molecule has 28 heavy (non-hydrogen) atoms. The lowest BCUT2D eigenvalue weighted by atomic mass is 10.1. The molecular formula is C20H20N6O2. The molecule has 4 aromatic rings. The molecule has 4 rings (SSSR count). The third-order valence-corrected chi connectivity index (χ3v) is 4.32. The number of hydrogen-bond acceptors (Lipinski definition) is 6. The highest BCUT2D eigenvalue weighted by Crippen LogP contribution is 2.19. The predicted octanol–water partition coefficient (Wildman–Crippen LogP) is 2.56. The highest BCUT2D eigenvalue weighted by molar-refractivity contribution is 5.55. The Morgan fingerprint density at radius 3 is 2.89 bits per heavy atom. The lowest BCUT2D eigenvalue weighted by Crippen LogP contribution is -2.16. The van der Waals surface area contributed by atoms with Crippen LogP contribution in [0.2, 0.25) is 0 Å². The van der Waals surface area contributed by atoms with Crippen molar-refractivity contribution in [3.8, 4) is 17.1 Å². The second-order valence-electron chi connectivity index (χ2n) is 6.58. The number of hydrogen-bond donors (Lipinski definition) is 0. The summed E-state index contributed by atoms with van der Waals surface area (Å²) < 4.78 is 8.62. The van der Waals surface area contributed by atoms with Crippen molar-refractivity contribution in [2.24, 2.45) is 7.05 Å². The number of aryl methyl sites for hydroxylation is 2. The molecule has 0 saturated heterocycles. The summed E-state index contributed by atoms with van der Waals surface area (Å²) in [6.07, 6.45) is 7.30. The van der Waals surface area contributed by atoms with Crippen molar-refractivity contribution in [1.29, 1.82) is 0 Å². The molecule has 0 bridgehead atoms. The lowest BCUT2D eigenvalue weighted by Gasteiger charge is -2.06. The molecule has 0 fully saturated rings. The smallest absolute Gasteiger partial charge is 0.226 e. The van der Waals surface area contributed by atoms with E-state index in [-0.39, 0.29) is 5.43 Å². The Balaban J connectivity index is 1.61. The van der Waals surface area contributed by atoms with Crippen LogP contribution < -0.4 is 5.43 Å². The van der Waals surface area contributed by atoms with Gasteiger partial charge in [-0.15, -0.1) is 0 Å². The lowest BCUT2D eigenvalue weighted by molar-refractivity contribution is 0.378. The van der Waals surface area contributed by atoms with Gasteiger partial charge in [-0.25, -0.2) is 4.68 Å². The van der Waals surface area contributed by atoms with Crippen molar-refractivity contribution in [2.45, 2.75) is 26.2 Å². The van der Waals surface area contributed by atoms with Crippen LogP contribution in [0.4, 0.5) is 0 Å². The van der Waals surface area contributed by atoms with Crippen LogP contribution in [0.25, 0.3) is 17.1 Å². The van der Waals surface area contributed by atoms with Gasteiger partial charge in [-0.1, -0.05) is 30.3 Å². The molecule has 0 spiro atoms. The van der Waals surface area contributed by atoms with Crippen LogP contribution in [-0.4, -0.2) is 29.7 Å². The summed E-state index contributed by atoms with van der Waals surface area (Å²) in [5.41, 5.74) is 2.96. The number of rotatable bonds is 6. The van der Waals surface area contributed by atoms with Crippen molar-refractivity contribution < 1.29 is 4.52 Å². The Hall–Kier alpha value is -3.55. The highest BCUT2D eigenvalue weighted by atomic mass is 16.5. The Labute approximate surface area is 161 Å². The molecule has 0 radical (unpaired) electrons. The van der Waals surface area contributed by atoms with E-state index in [1.165, 1.54) is 6.07 Å².